The maximum absolute atomic E-state index is 13.6. The van der Waals surface area contributed by atoms with Crippen molar-refractivity contribution in [3.63, 3.8) is 0 Å². The summed E-state index contributed by atoms with van der Waals surface area (Å²) in [6.07, 6.45) is 7.80. The summed E-state index contributed by atoms with van der Waals surface area (Å²) < 4.78 is 27.2. The number of nitriles is 1. The third-order valence-electron chi connectivity index (χ3n) is 4.81. The van der Waals surface area contributed by atoms with Crippen molar-refractivity contribution in [2.45, 2.75) is 16.2 Å². The number of rotatable bonds is 3. The molecule has 2 aromatic carbocycles. The standard InChI is InChI=1S/C23H16ClN2O2PS/c24-17-9-7-16(8-10-17)23-20-6-2-4-18(29)12-21(20)26-14-22(23)30(27,28)19-5-1-3-15(11-19)13-25/h1-5,7-12,14H,6,29H2. The molecule has 1 atom stereocenters. The lowest BCUT2D eigenvalue weighted by molar-refractivity contribution is 0.596. The number of fused-ring (bicyclic) bond motifs is 1. The molecule has 0 saturated heterocycles. The summed E-state index contributed by atoms with van der Waals surface area (Å²) in [5.74, 6) is 0. The minimum absolute atomic E-state index is 0.0601. The Hall–Kier alpha value is -2.77. The lowest BCUT2D eigenvalue weighted by atomic mass is 9.97. The molecule has 3 aromatic rings. The van der Waals surface area contributed by atoms with E-state index in [1.165, 1.54) is 18.3 Å². The normalized spacial score (nSPS) is 13.2. The Morgan fingerprint density at radius 1 is 1.13 bits per heavy atom. The fourth-order valence-corrected chi connectivity index (χ4v) is 5.31. The fourth-order valence-electron chi connectivity index (χ4n) is 3.39. The van der Waals surface area contributed by atoms with Gasteiger partial charge in [-0.05, 0) is 59.3 Å². The number of sulfone groups is 1. The molecular weight excluding hydrogens is 435 g/mol. The second-order valence-electron chi connectivity index (χ2n) is 6.76. The molecule has 0 amide bonds. The van der Waals surface area contributed by atoms with Gasteiger partial charge in [0.25, 0.3) is 0 Å². The topological polar surface area (TPSA) is 70.8 Å². The van der Waals surface area contributed by atoms with Crippen LogP contribution in [0, 0.1) is 11.3 Å². The van der Waals surface area contributed by atoms with Crippen LogP contribution in [-0.2, 0) is 16.3 Å². The molecule has 4 rings (SSSR count). The van der Waals surface area contributed by atoms with Crippen LogP contribution < -0.4 is 0 Å². The summed E-state index contributed by atoms with van der Waals surface area (Å²) in [5.41, 5.74) is 3.16. The first-order valence-electron chi connectivity index (χ1n) is 9.07. The van der Waals surface area contributed by atoms with E-state index in [4.69, 9.17) is 11.6 Å². The Labute approximate surface area is 182 Å². The molecular formula is C23H16ClN2O2PS. The minimum Gasteiger partial charge on any atom is -0.255 e. The van der Waals surface area contributed by atoms with Crippen molar-refractivity contribution < 1.29 is 8.42 Å². The van der Waals surface area contributed by atoms with Crippen LogP contribution in [0.2, 0.25) is 5.02 Å². The summed E-state index contributed by atoms with van der Waals surface area (Å²) in [6, 6.07) is 15.1. The van der Waals surface area contributed by atoms with E-state index < -0.39 is 9.84 Å². The van der Waals surface area contributed by atoms with E-state index in [9.17, 15) is 13.7 Å². The Kier molecular flexibility index (Phi) is 5.58. The van der Waals surface area contributed by atoms with Gasteiger partial charge in [0.1, 0.15) is 0 Å². The maximum atomic E-state index is 13.6. The smallest absolute Gasteiger partial charge is 0.208 e. The first-order chi connectivity index (χ1) is 14.4. The SMILES string of the molecule is N#Cc1cccc(S(=O)(=O)c2cnc3c(c2-c2ccc(Cl)cc2)CC=CC(P)=C3)c1. The zero-order valence-electron chi connectivity index (χ0n) is 15.7. The van der Waals surface area contributed by atoms with Gasteiger partial charge in [0.2, 0.25) is 9.84 Å². The molecule has 0 saturated carbocycles. The van der Waals surface area contributed by atoms with Crippen molar-refractivity contribution in [2.75, 3.05) is 0 Å². The van der Waals surface area contributed by atoms with E-state index >= 15 is 0 Å². The minimum atomic E-state index is -3.92. The van der Waals surface area contributed by atoms with Crippen molar-refractivity contribution in [3.05, 3.63) is 94.0 Å². The first kappa shape index (κ1) is 20.5. The van der Waals surface area contributed by atoms with Crippen LogP contribution in [0.3, 0.4) is 0 Å². The molecule has 0 bridgehead atoms. The third-order valence-corrected chi connectivity index (χ3v) is 7.18. The van der Waals surface area contributed by atoms with Crippen molar-refractivity contribution in [2.24, 2.45) is 0 Å². The number of pyridine rings is 1. The zero-order valence-corrected chi connectivity index (χ0v) is 18.4. The van der Waals surface area contributed by atoms with Gasteiger partial charge in [0, 0.05) is 16.8 Å². The van der Waals surface area contributed by atoms with Gasteiger partial charge >= 0.3 is 0 Å². The highest BCUT2D eigenvalue weighted by atomic mass is 35.5. The number of benzene rings is 2. The molecule has 0 fully saturated rings. The van der Waals surface area contributed by atoms with Gasteiger partial charge in [0.05, 0.1) is 27.1 Å². The summed E-state index contributed by atoms with van der Waals surface area (Å²) in [6.45, 7) is 0. The number of allylic oxidation sites excluding steroid dienone is 3. The largest absolute Gasteiger partial charge is 0.255 e. The molecule has 1 aliphatic carbocycles. The van der Waals surface area contributed by atoms with Crippen LogP contribution in [0.5, 0.6) is 0 Å². The van der Waals surface area contributed by atoms with Gasteiger partial charge in [-0.3, -0.25) is 4.98 Å². The van der Waals surface area contributed by atoms with Crippen LogP contribution >= 0.6 is 20.8 Å². The average molecular weight is 451 g/mol. The van der Waals surface area contributed by atoms with E-state index in [0.717, 1.165) is 22.1 Å². The summed E-state index contributed by atoms with van der Waals surface area (Å²) in [4.78, 5) is 4.63. The quantitative estimate of drug-likeness (QED) is 0.498. The summed E-state index contributed by atoms with van der Waals surface area (Å²) in [5, 5.41) is 10.7. The van der Waals surface area contributed by atoms with Gasteiger partial charge in [-0.1, -0.05) is 42.0 Å². The Morgan fingerprint density at radius 2 is 1.90 bits per heavy atom. The van der Waals surface area contributed by atoms with Gasteiger partial charge in [-0.2, -0.15) is 5.26 Å². The molecule has 0 N–H and O–H groups in total. The lowest BCUT2D eigenvalue weighted by Gasteiger charge is -2.17. The highest BCUT2D eigenvalue weighted by Gasteiger charge is 2.26. The van der Waals surface area contributed by atoms with Crippen LogP contribution in [0.1, 0.15) is 16.8 Å². The summed E-state index contributed by atoms with van der Waals surface area (Å²) >= 11 is 6.06. The van der Waals surface area contributed by atoms with Gasteiger partial charge in [0.15, 0.2) is 0 Å². The molecule has 1 heterocycles. The van der Waals surface area contributed by atoms with Crippen molar-refractivity contribution >= 4 is 36.8 Å². The van der Waals surface area contributed by atoms with Gasteiger partial charge in [-0.15, -0.1) is 9.24 Å². The molecule has 0 spiro atoms. The molecule has 1 aromatic heterocycles. The van der Waals surface area contributed by atoms with E-state index in [1.54, 1.807) is 24.3 Å². The third kappa shape index (κ3) is 3.82. The van der Waals surface area contributed by atoms with Crippen molar-refractivity contribution in [1.82, 2.24) is 4.98 Å². The second kappa shape index (κ2) is 8.16. The maximum Gasteiger partial charge on any atom is 0.208 e. The Bertz CT molecular complexity index is 1350. The second-order valence-corrected chi connectivity index (χ2v) is 9.78. The van der Waals surface area contributed by atoms with Crippen LogP contribution in [0.4, 0.5) is 0 Å². The lowest BCUT2D eigenvalue weighted by Crippen LogP contribution is -2.09. The first-order valence-corrected chi connectivity index (χ1v) is 11.5. The molecule has 1 aliphatic rings. The van der Waals surface area contributed by atoms with E-state index in [-0.39, 0.29) is 15.4 Å². The van der Waals surface area contributed by atoms with Crippen LogP contribution in [-0.4, -0.2) is 13.4 Å². The zero-order chi connectivity index (χ0) is 21.3. The van der Waals surface area contributed by atoms with Gasteiger partial charge < -0.3 is 0 Å². The van der Waals surface area contributed by atoms with E-state index in [0.29, 0.717) is 17.0 Å². The average Bonchev–Trinajstić information content (AvgIpc) is 2.94. The molecule has 148 valence electrons. The number of halogens is 1. The number of aromatic nitrogens is 1. The predicted molar refractivity (Wildman–Crippen MR) is 122 cm³/mol. The predicted octanol–water partition coefficient (Wildman–Crippen LogP) is 5.43. The molecule has 0 radical (unpaired) electrons. The molecule has 7 heteroatoms. The number of hydrogen-bond acceptors (Lipinski definition) is 4. The van der Waals surface area contributed by atoms with Crippen LogP contribution in [0.15, 0.2) is 82.0 Å². The Balaban J connectivity index is 2.03. The molecule has 4 nitrogen and oxygen atoms in total. The number of hydrogen-bond donors (Lipinski definition) is 0. The molecule has 30 heavy (non-hydrogen) atoms. The highest BCUT2D eigenvalue weighted by molar-refractivity contribution is 7.91. The molecule has 0 aliphatic heterocycles. The monoisotopic (exact) mass is 450 g/mol. The summed E-state index contributed by atoms with van der Waals surface area (Å²) in [7, 11) is -1.27. The van der Waals surface area contributed by atoms with Crippen LogP contribution in [0.25, 0.3) is 17.2 Å². The van der Waals surface area contributed by atoms with Gasteiger partial charge in [-0.25, -0.2) is 8.42 Å². The van der Waals surface area contributed by atoms with E-state index in [1.807, 2.05) is 36.4 Å². The van der Waals surface area contributed by atoms with E-state index in [2.05, 4.69) is 14.2 Å². The van der Waals surface area contributed by atoms with Crippen molar-refractivity contribution in [3.8, 4) is 17.2 Å². The fraction of sp³-hybridized carbons (Fsp3) is 0.0435. The highest BCUT2D eigenvalue weighted by Crippen LogP contribution is 2.38. The number of nitrogens with zero attached hydrogens (tertiary/aromatic N) is 2. The Morgan fingerprint density at radius 3 is 2.63 bits per heavy atom. The molecule has 1 unspecified atom stereocenters. The van der Waals surface area contributed by atoms with Crippen molar-refractivity contribution in [1.29, 1.82) is 5.26 Å².